The van der Waals surface area contributed by atoms with Gasteiger partial charge in [-0.1, -0.05) is 29.8 Å². The van der Waals surface area contributed by atoms with E-state index >= 15 is 0 Å². The molecule has 0 saturated carbocycles. The monoisotopic (exact) mass is 341 g/mol. The lowest BCUT2D eigenvalue weighted by atomic mass is 10.2. The molecule has 6 heteroatoms. The number of aryl methyl sites for hydroxylation is 1. The van der Waals surface area contributed by atoms with Crippen LogP contribution in [0, 0.1) is 6.92 Å². The predicted octanol–water partition coefficient (Wildman–Crippen LogP) is 2.26. The Hall–Kier alpha value is -1.01. The first-order valence-corrected chi connectivity index (χ1v) is 10.5. The first-order valence-electron chi connectivity index (χ1n) is 7.54. The van der Waals surface area contributed by atoms with Gasteiger partial charge < -0.3 is 4.90 Å². The van der Waals surface area contributed by atoms with E-state index in [2.05, 4.69) is 25.1 Å². The molecule has 0 bridgehead atoms. The number of nitrogens with zero attached hydrogens (tertiary/aromatic N) is 1. The third-order valence-corrected chi connectivity index (χ3v) is 6.63. The van der Waals surface area contributed by atoms with Crippen molar-refractivity contribution in [2.45, 2.75) is 32.1 Å². The fourth-order valence-corrected chi connectivity index (χ4v) is 5.39. The summed E-state index contributed by atoms with van der Waals surface area (Å²) >= 11 is 1.58. The molecule has 1 heterocycles. The SMILES string of the molecule is CCN(C(=O)CSCc1cccc(C)c1)C1CCS(=O)(=O)C1. The normalized spacial score (nSPS) is 20.0. The second-order valence-electron chi connectivity index (χ2n) is 5.72. The number of thioether (sulfide) groups is 1. The summed E-state index contributed by atoms with van der Waals surface area (Å²) in [7, 11) is -2.95. The minimum Gasteiger partial charge on any atom is -0.338 e. The Bertz CT molecular complexity index is 628. The van der Waals surface area contributed by atoms with E-state index in [0.29, 0.717) is 18.7 Å². The van der Waals surface area contributed by atoms with Gasteiger partial charge in [0.25, 0.3) is 0 Å². The Kier molecular flexibility index (Phi) is 5.92. The van der Waals surface area contributed by atoms with Crippen LogP contribution < -0.4 is 0 Å². The van der Waals surface area contributed by atoms with E-state index in [1.807, 2.05) is 13.0 Å². The summed E-state index contributed by atoms with van der Waals surface area (Å²) in [5, 5.41) is 0. The molecule has 1 unspecified atom stereocenters. The van der Waals surface area contributed by atoms with Gasteiger partial charge in [0.1, 0.15) is 0 Å². The van der Waals surface area contributed by atoms with Gasteiger partial charge in [-0.2, -0.15) is 0 Å². The maximum atomic E-state index is 12.3. The van der Waals surface area contributed by atoms with E-state index in [4.69, 9.17) is 0 Å². The first-order chi connectivity index (χ1) is 10.4. The zero-order valence-electron chi connectivity index (χ0n) is 13.1. The minimum atomic E-state index is -2.95. The minimum absolute atomic E-state index is 0.0438. The van der Waals surface area contributed by atoms with Crippen LogP contribution in [0.4, 0.5) is 0 Å². The summed E-state index contributed by atoms with van der Waals surface area (Å²) in [6.45, 7) is 4.54. The molecule has 0 radical (unpaired) electrons. The Morgan fingerprint density at radius 3 is 2.77 bits per heavy atom. The van der Waals surface area contributed by atoms with E-state index in [1.165, 1.54) is 11.1 Å². The van der Waals surface area contributed by atoms with Gasteiger partial charge in [-0.25, -0.2) is 8.42 Å². The molecule has 1 aromatic rings. The summed E-state index contributed by atoms with van der Waals surface area (Å²) in [5.41, 5.74) is 2.43. The van der Waals surface area contributed by atoms with Gasteiger partial charge in [-0.3, -0.25) is 4.79 Å². The third kappa shape index (κ3) is 4.74. The Morgan fingerprint density at radius 2 is 2.18 bits per heavy atom. The van der Waals surface area contributed by atoms with Gasteiger partial charge >= 0.3 is 0 Å². The zero-order chi connectivity index (χ0) is 16.2. The second-order valence-corrected chi connectivity index (χ2v) is 8.93. The van der Waals surface area contributed by atoms with Crippen LogP contribution in [0.2, 0.25) is 0 Å². The number of amides is 1. The van der Waals surface area contributed by atoms with Crippen molar-refractivity contribution in [2.75, 3.05) is 23.8 Å². The van der Waals surface area contributed by atoms with Crippen molar-refractivity contribution in [1.29, 1.82) is 0 Å². The largest absolute Gasteiger partial charge is 0.338 e. The number of hydrogen-bond donors (Lipinski definition) is 0. The highest BCUT2D eigenvalue weighted by molar-refractivity contribution is 7.99. The van der Waals surface area contributed by atoms with Gasteiger partial charge in [0.2, 0.25) is 5.91 Å². The van der Waals surface area contributed by atoms with E-state index in [0.717, 1.165) is 5.75 Å². The highest BCUT2D eigenvalue weighted by atomic mass is 32.2. The molecule has 1 aromatic carbocycles. The van der Waals surface area contributed by atoms with Crippen molar-refractivity contribution in [1.82, 2.24) is 4.90 Å². The standard InChI is InChI=1S/C16H23NO3S2/c1-3-17(15-7-8-22(19,20)12-15)16(18)11-21-10-14-6-4-5-13(2)9-14/h4-6,9,15H,3,7-8,10-12H2,1-2H3. The number of rotatable bonds is 6. The average molecular weight is 341 g/mol. The molecule has 22 heavy (non-hydrogen) atoms. The molecule has 1 fully saturated rings. The van der Waals surface area contributed by atoms with Crippen LogP contribution in [0.5, 0.6) is 0 Å². The molecular weight excluding hydrogens is 318 g/mol. The Balaban J connectivity index is 1.85. The van der Waals surface area contributed by atoms with Crippen molar-refractivity contribution in [3.63, 3.8) is 0 Å². The topological polar surface area (TPSA) is 54.5 Å². The summed E-state index contributed by atoms with van der Waals surface area (Å²) < 4.78 is 23.1. The number of carbonyl (C=O) groups is 1. The predicted molar refractivity (Wildman–Crippen MR) is 91.8 cm³/mol. The molecule has 1 atom stereocenters. The number of carbonyl (C=O) groups excluding carboxylic acids is 1. The van der Waals surface area contributed by atoms with Crippen LogP contribution in [-0.2, 0) is 20.4 Å². The molecule has 0 N–H and O–H groups in total. The van der Waals surface area contributed by atoms with Crippen LogP contribution >= 0.6 is 11.8 Å². The smallest absolute Gasteiger partial charge is 0.232 e. The highest BCUT2D eigenvalue weighted by Crippen LogP contribution is 2.20. The lowest BCUT2D eigenvalue weighted by Crippen LogP contribution is -2.41. The maximum absolute atomic E-state index is 12.3. The van der Waals surface area contributed by atoms with Crippen LogP contribution in [0.25, 0.3) is 0 Å². The van der Waals surface area contributed by atoms with Crippen molar-refractivity contribution in [2.24, 2.45) is 0 Å². The van der Waals surface area contributed by atoms with E-state index in [-0.39, 0.29) is 23.5 Å². The quantitative estimate of drug-likeness (QED) is 0.796. The third-order valence-electron chi connectivity index (χ3n) is 3.89. The molecule has 1 aliphatic rings. The molecule has 122 valence electrons. The summed E-state index contributed by atoms with van der Waals surface area (Å²) in [6.07, 6.45) is 0.574. The number of hydrogen-bond acceptors (Lipinski definition) is 4. The summed E-state index contributed by atoms with van der Waals surface area (Å²) in [5.74, 6) is 1.57. The maximum Gasteiger partial charge on any atom is 0.232 e. The van der Waals surface area contributed by atoms with Crippen molar-refractivity contribution in [3.8, 4) is 0 Å². The molecule has 0 aliphatic carbocycles. The van der Waals surface area contributed by atoms with Gasteiger partial charge in [-0.05, 0) is 25.8 Å². The van der Waals surface area contributed by atoms with Crippen LogP contribution in [-0.4, -0.2) is 49.1 Å². The van der Waals surface area contributed by atoms with Gasteiger partial charge in [-0.15, -0.1) is 11.8 Å². The summed E-state index contributed by atoms with van der Waals surface area (Å²) in [6, 6.07) is 8.12. The number of sulfone groups is 1. The lowest BCUT2D eigenvalue weighted by molar-refractivity contribution is -0.129. The van der Waals surface area contributed by atoms with E-state index < -0.39 is 9.84 Å². The molecule has 1 saturated heterocycles. The van der Waals surface area contributed by atoms with Crippen molar-refractivity contribution in [3.05, 3.63) is 35.4 Å². The Labute approximate surface area is 137 Å². The fraction of sp³-hybridized carbons (Fsp3) is 0.562. The van der Waals surface area contributed by atoms with Crippen LogP contribution in [0.15, 0.2) is 24.3 Å². The second kappa shape index (κ2) is 7.51. The molecule has 1 aliphatic heterocycles. The number of benzene rings is 1. The van der Waals surface area contributed by atoms with Gasteiger partial charge in [0.15, 0.2) is 9.84 Å². The summed E-state index contributed by atoms with van der Waals surface area (Å²) in [4.78, 5) is 14.1. The molecule has 0 spiro atoms. The lowest BCUT2D eigenvalue weighted by Gasteiger charge is -2.26. The zero-order valence-corrected chi connectivity index (χ0v) is 14.8. The van der Waals surface area contributed by atoms with Crippen molar-refractivity contribution < 1.29 is 13.2 Å². The van der Waals surface area contributed by atoms with E-state index in [1.54, 1.807) is 16.7 Å². The average Bonchev–Trinajstić information content (AvgIpc) is 2.80. The van der Waals surface area contributed by atoms with E-state index in [9.17, 15) is 13.2 Å². The van der Waals surface area contributed by atoms with Crippen molar-refractivity contribution >= 4 is 27.5 Å². The van der Waals surface area contributed by atoms with Crippen LogP contribution in [0.1, 0.15) is 24.5 Å². The molecule has 4 nitrogen and oxygen atoms in total. The molecule has 2 rings (SSSR count). The first kappa shape index (κ1) is 17.3. The molecule has 1 amide bonds. The highest BCUT2D eigenvalue weighted by Gasteiger charge is 2.33. The Morgan fingerprint density at radius 1 is 1.41 bits per heavy atom. The fourth-order valence-electron chi connectivity index (χ4n) is 2.80. The van der Waals surface area contributed by atoms with Gasteiger partial charge in [0, 0.05) is 18.3 Å². The molecule has 0 aromatic heterocycles. The molecular formula is C16H23NO3S2. The van der Waals surface area contributed by atoms with Crippen LogP contribution in [0.3, 0.4) is 0 Å². The van der Waals surface area contributed by atoms with Gasteiger partial charge in [0.05, 0.1) is 17.3 Å².